The van der Waals surface area contributed by atoms with E-state index >= 15 is 0 Å². The fourth-order valence-electron chi connectivity index (χ4n) is 3.44. The molecular formula is C25H34N2O5S. The average Bonchev–Trinajstić information content (AvgIpc) is 2.77. The van der Waals surface area contributed by atoms with Gasteiger partial charge in [-0.25, -0.2) is 8.42 Å². The number of sulfonamides is 1. The first-order valence-electron chi connectivity index (χ1n) is 11.1. The summed E-state index contributed by atoms with van der Waals surface area (Å²) in [5.74, 6) is 0.824. The van der Waals surface area contributed by atoms with Crippen molar-refractivity contribution in [3.8, 4) is 11.5 Å². The summed E-state index contributed by atoms with van der Waals surface area (Å²) in [5, 5.41) is 2.94. The van der Waals surface area contributed by atoms with Gasteiger partial charge in [0.05, 0.1) is 24.2 Å². The quantitative estimate of drug-likeness (QED) is 0.681. The average molecular weight is 475 g/mol. The number of hydrogen-bond donors (Lipinski definition) is 1. The molecule has 8 heteroatoms. The number of methoxy groups -OCH3 is 1. The third kappa shape index (κ3) is 5.27. The summed E-state index contributed by atoms with van der Waals surface area (Å²) >= 11 is 0. The molecule has 0 bridgehead atoms. The highest BCUT2D eigenvalue weighted by Gasteiger charge is 2.38. The molecule has 2 aromatic carbocycles. The zero-order valence-corrected chi connectivity index (χ0v) is 21.2. The van der Waals surface area contributed by atoms with Crippen LogP contribution in [0.25, 0.3) is 0 Å². The predicted molar refractivity (Wildman–Crippen MR) is 130 cm³/mol. The van der Waals surface area contributed by atoms with E-state index in [2.05, 4.69) is 26.1 Å². The van der Waals surface area contributed by atoms with E-state index in [0.29, 0.717) is 17.2 Å². The van der Waals surface area contributed by atoms with E-state index in [1.165, 1.54) is 23.5 Å². The summed E-state index contributed by atoms with van der Waals surface area (Å²) in [6, 6.07) is 11.6. The van der Waals surface area contributed by atoms with E-state index in [1.54, 1.807) is 18.2 Å². The van der Waals surface area contributed by atoms with Crippen LogP contribution in [0.4, 0.5) is 5.69 Å². The number of carbonyl (C=O) groups is 1. The van der Waals surface area contributed by atoms with Crippen LogP contribution in [0.1, 0.15) is 47.1 Å². The Kier molecular flexibility index (Phi) is 6.98. The Morgan fingerprint density at radius 3 is 2.30 bits per heavy atom. The molecule has 0 aliphatic carbocycles. The lowest BCUT2D eigenvalue weighted by Gasteiger charge is -2.36. The number of amides is 1. The molecule has 0 radical (unpaired) electrons. The Morgan fingerprint density at radius 2 is 1.76 bits per heavy atom. The van der Waals surface area contributed by atoms with Gasteiger partial charge in [0.1, 0.15) is 11.5 Å². The maximum Gasteiger partial charge on any atom is 0.264 e. The molecule has 1 amide bonds. The van der Waals surface area contributed by atoms with Crippen molar-refractivity contribution in [1.29, 1.82) is 0 Å². The van der Waals surface area contributed by atoms with Crippen LogP contribution >= 0.6 is 0 Å². The Hall–Kier alpha value is -2.74. The van der Waals surface area contributed by atoms with Gasteiger partial charge >= 0.3 is 0 Å². The summed E-state index contributed by atoms with van der Waals surface area (Å²) in [5.41, 5.74) is 1.21. The molecular weight excluding hydrogens is 440 g/mol. The third-order valence-electron chi connectivity index (χ3n) is 6.00. The molecule has 7 nitrogen and oxygen atoms in total. The Balaban J connectivity index is 2.06. The fraction of sp³-hybridized carbons (Fsp3) is 0.480. The van der Waals surface area contributed by atoms with E-state index in [-0.39, 0.29) is 34.7 Å². The SMILES string of the molecule is COc1ccc(S(=O)(=O)N2CC(C(=O)NC(C)C(C)C)Oc3ccc(C(C)(C)C)cc32)cc1. The van der Waals surface area contributed by atoms with E-state index in [1.807, 2.05) is 32.9 Å². The van der Waals surface area contributed by atoms with E-state index < -0.39 is 16.1 Å². The number of fused-ring (bicyclic) bond motifs is 1. The normalized spacial score (nSPS) is 17.2. The van der Waals surface area contributed by atoms with Crippen molar-refractivity contribution < 1.29 is 22.7 Å². The fourth-order valence-corrected chi connectivity index (χ4v) is 4.91. The molecule has 2 unspecified atom stereocenters. The molecule has 1 aliphatic heterocycles. The van der Waals surface area contributed by atoms with Gasteiger partial charge in [0, 0.05) is 6.04 Å². The van der Waals surface area contributed by atoms with Crippen LogP contribution in [0, 0.1) is 5.92 Å². The van der Waals surface area contributed by atoms with Crippen LogP contribution in [0.3, 0.4) is 0 Å². The molecule has 2 atom stereocenters. The van der Waals surface area contributed by atoms with Crippen LogP contribution in [0.5, 0.6) is 11.5 Å². The van der Waals surface area contributed by atoms with Crippen LogP contribution in [-0.4, -0.2) is 40.1 Å². The lowest BCUT2D eigenvalue weighted by molar-refractivity contribution is -0.128. The molecule has 180 valence electrons. The Bertz CT molecular complexity index is 1100. The zero-order chi connectivity index (χ0) is 24.6. The summed E-state index contributed by atoms with van der Waals surface area (Å²) < 4.78 is 39.9. The van der Waals surface area contributed by atoms with Gasteiger partial charge in [-0.2, -0.15) is 0 Å². The van der Waals surface area contributed by atoms with E-state index in [9.17, 15) is 13.2 Å². The number of ether oxygens (including phenoxy) is 2. The molecule has 0 saturated heterocycles. The molecule has 0 saturated carbocycles. The second-order valence-electron chi connectivity index (χ2n) is 9.79. The predicted octanol–water partition coefficient (Wildman–Crippen LogP) is 4.11. The minimum absolute atomic E-state index is 0.0718. The summed E-state index contributed by atoms with van der Waals surface area (Å²) in [6.07, 6.45) is -0.966. The van der Waals surface area contributed by atoms with Crippen molar-refractivity contribution >= 4 is 21.6 Å². The highest BCUT2D eigenvalue weighted by Crippen LogP contribution is 2.40. The van der Waals surface area contributed by atoms with Crippen molar-refractivity contribution in [3.63, 3.8) is 0 Å². The molecule has 0 aromatic heterocycles. The number of anilines is 1. The first kappa shape index (κ1) is 24.9. The van der Waals surface area contributed by atoms with Crippen molar-refractivity contribution in [3.05, 3.63) is 48.0 Å². The van der Waals surface area contributed by atoms with Gasteiger partial charge < -0.3 is 14.8 Å². The van der Waals surface area contributed by atoms with Crippen molar-refractivity contribution in [2.75, 3.05) is 18.0 Å². The number of carbonyl (C=O) groups excluding carboxylic acids is 1. The topological polar surface area (TPSA) is 84.9 Å². The van der Waals surface area contributed by atoms with Gasteiger partial charge in [0.25, 0.3) is 15.9 Å². The van der Waals surface area contributed by atoms with Crippen LogP contribution in [-0.2, 0) is 20.2 Å². The molecule has 33 heavy (non-hydrogen) atoms. The number of rotatable bonds is 6. The minimum Gasteiger partial charge on any atom is -0.497 e. The van der Waals surface area contributed by atoms with Crippen LogP contribution < -0.4 is 19.1 Å². The third-order valence-corrected chi connectivity index (χ3v) is 7.80. The number of nitrogens with zero attached hydrogens (tertiary/aromatic N) is 1. The summed E-state index contributed by atoms with van der Waals surface area (Å²) in [7, 11) is -2.43. The van der Waals surface area contributed by atoms with Crippen molar-refractivity contribution in [1.82, 2.24) is 5.32 Å². The summed E-state index contributed by atoms with van der Waals surface area (Å²) in [4.78, 5) is 13.1. The summed E-state index contributed by atoms with van der Waals surface area (Å²) in [6.45, 7) is 12.0. The second-order valence-corrected chi connectivity index (χ2v) is 11.7. The van der Waals surface area contributed by atoms with Gasteiger partial charge in [0.15, 0.2) is 6.10 Å². The first-order chi connectivity index (χ1) is 15.3. The van der Waals surface area contributed by atoms with Gasteiger partial charge in [0.2, 0.25) is 0 Å². The zero-order valence-electron chi connectivity index (χ0n) is 20.4. The Morgan fingerprint density at radius 1 is 1.12 bits per heavy atom. The maximum atomic E-state index is 13.7. The highest BCUT2D eigenvalue weighted by molar-refractivity contribution is 7.92. The standard InChI is InChI=1S/C25H34N2O5S/c1-16(2)17(3)26-24(28)23-15-27(33(29,30)20-11-9-19(31-7)10-12-20)21-14-18(25(4,5)6)8-13-22(21)32-23/h8-14,16-17,23H,15H2,1-7H3,(H,26,28). The lowest BCUT2D eigenvalue weighted by Crippen LogP contribution is -2.52. The second kappa shape index (κ2) is 9.25. The van der Waals surface area contributed by atoms with E-state index in [4.69, 9.17) is 9.47 Å². The Labute approximate surface area is 197 Å². The van der Waals surface area contributed by atoms with Gasteiger partial charge in [-0.1, -0.05) is 40.7 Å². The number of nitrogens with one attached hydrogen (secondary N) is 1. The molecule has 1 N–H and O–H groups in total. The molecule has 2 aromatic rings. The largest absolute Gasteiger partial charge is 0.497 e. The molecule has 0 spiro atoms. The van der Waals surface area contributed by atoms with Gasteiger partial charge in [-0.3, -0.25) is 9.10 Å². The van der Waals surface area contributed by atoms with Crippen LogP contribution in [0.2, 0.25) is 0 Å². The minimum atomic E-state index is -3.96. The molecule has 3 rings (SSSR count). The first-order valence-corrected chi connectivity index (χ1v) is 12.6. The number of benzene rings is 2. The smallest absolute Gasteiger partial charge is 0.264 e. The number of hydrogen-bond acceptors (Lipinski definition) is 5. The van der Waals surface area contributed by atoms with Gasteiger partial charge in [-0.15, -0.1) is 0 Å². The molecule has 1 aliphatic rings. The van der Waals surface area contributed by atoms with Crippen LogP contribution in [0.15, 0.2) is 47.4 Å². The highest BCUT2D eigenvalue weighted by atomic mass is 32.2. The monoisotopic (exact) mass is 474 g/mol. The van der Waals surface area contributed by atoms with Gasteiger partial charge in [-0.05, 0) is 60.2 Å². The lowest BCUT2D eigenvalue weighted by atomic mass is 9.86. The molecule has 1 heterocycles. The van der Waals surface area contributed by atoms with E-state index in [0.717, 1.165) is 5.56 Å². The van der Waals surface area contributed by atoms with Crippen molar-refractivity contribution in [2.45, 2.75) is 64.0 Å². The molecule has 0 fully saturated rings. The van der Waals surface area contributed by atoms with Crippen molar-refractivity contribution in [2.24, 2.45) is 5.92 Å². The maximum absolute atomic E-state index is 13.7.